The minimum absolute atomic E-state index is 0.0732. The molecule has 0 bridgehead atoms. The van der Waals surface area contributed by atoms with Crippen molar-refractivity contribution in [1.29, 1.82) is 0 Å². The van der Waals surface area contributed by atoms with Crippen molar-refractivity contribution < 1.29 is 17.9 Å². The van der Waals surface area contributed by atoms with Gasteiger partial charge in [-0.15, -0.1) is 0 Å². The van der Waals surface area contributed by atoms with Crippen LogP contribution in [0.5, 0.6) is 0 Å². The summed E-state index contributed by atoms with van der Waals surface area (Å²) in [6.07, 6.45) is 1.27. The van der Waals surface area contributed by atoms with Crippen LogP contribution in [0.15, 0.2) is 23.1 Å². The van der Waals surface area contributed by atoms with Crippen molar-refractivity contribution in [2.75, 3.05) is 13.6 Å². The first kappa shape index (κ1) is 14.4. The Kier molecular flexibility index (Phi) is 3.94. The second-order valence-corrected chi connectivity index (χ2v) is 7.11. The van der Waals surface area contributed by atoms with Gasteiger partial charge in [-0.2, -0.15) is 4.31 Å². The molecule has 2 rings (SSSR count). The predicted octanol–water partition coefficient (Wildman–Crippen LogP) is 1.53. The summed E-state index contributed by atoms with van der Waals surface area (Å²) < 4.78 is 38.8. The number of aryl methyl sites for hydroxylation is 1. The van der Waals surface area contributed by atoms with Crippen molar-refractivity contribution >= 4 is 10.0 Å². The maximum Gasteiger partial charge on any atom is 0.243 e. The molecule has 106 valence electrons. The number of nitrogens with zero attached hydrogens (tertiary/aromatic N) is 1. The maximum atomic E-state index is 13.0. The van der Waals surface area contributed by atoms with Crippen molar-refractivity contribution in [3.63, 3.8) is 0 Å². The zero-order valence-corrected chi connectivity index (χ0v) is 11.8. The first-order valence-electron chi connectivity index (χ1n) is 6.23. The number of benzene rings is 1. The van der Waals surface area contributed by atoms with E-state index >= 15 is 0 Å². The summed E-state index contributed by atoms with van der Waals surface area (Å²) in [4.78, 5) is 0.0828. The first-order valence-corrected chi connectivity index (χ1v) is 7.67. The number of rotatable bonds is 5. The van der Waals surface area contributed by atoms with Crippen molar-refractivity contribution in [3.05, 3.63) is 29.6 Å². The van der Waals surface area contributed by atoms with Gasteiger partial charge in [-0.3, -0.25) is 0 Å². The van der Waals surface area contributed by atoms with Gasteiger partial charge in [-0.1, -0.05) is 0 Å². The molecule has 1 saturated carbocycles. The number of halogens is 1. The Labute approximate surface area is 112 Å². The van der Waals surface area contributed by atoms with Gasteiger partial charge in [0.2, 0.25) is 10.0 Å². The molecule has 1 fully saturated rings. The summed E-state index contributed by atoms with van der Waals surface area (Å²) in [6.45, 7) is 1.63. The summed E-state index contributed by atoms with van der Waals surface area (Å²) in [5.41, 5.74) is 0.368. The fourth-order valence-corrected chi connectivity index (χ4v) is 3.45. The van der Waals surface area contributed by atoms with E-state index < -0.39 is 21.9 Å². The van der Waals surface area contributed by atoms with E-state index in [0.29, 0.717) is 5.56 Å². The van der Waals surface area contributed by atoms with Crippen LogP contribution in [-0.2, 0) is 10.0 Å². The lowest BCUT2D eigenvalue weighted by Crippen LogP contribution is -2.35. The van der Waals surface area contributed by atoms with E-state index in [9.17, 15) is 17.9 Å². The SMILES string of the molecule is Cc1cc(F)ccc1S(=O)(=O)N(C)CC(O)C1CC1. The Morgan fingerprint density at radius 2 is 2.11 bits per heavy atom. The van der Waals surface area contributed by atoms with Crippen LogP contribution in [0.2, 0.25) is 0 Å². The molecule has 6 heteroatoms. The lowest BCUT2D eigenvalue weighted by Gasteiger charge is -2.21. The minimum Gasteiger partial charge on any atom is -0.391 e. The molecule has 0 spiro atoms. The molecule has 1 aliphatic rings. The van der Waals surface area contributed by atoms with Gasteiger partial charge in [0.25, 0.3) is 0 Å². The molecule has 0 saturated heterocycles. The van der Waals surface area contributed by atoms with E-state index in [4.69, 9.17) is 0 Å². The highest BCUT2D eigenvalue weighted by molar-refractivity contribution is 7.89. The monoisotopic (exact) mass is 287 g/mol. The molecular weight excluding hydrogens is 269 g/mol. The highest BCUT2D eigenvalue weighted by atomic mass is 32.2. The van der Waals surface area contributed by atoms with E-state index in [1.165, 1.54) is 19.2 Å². The van der Waals surface area contributed by atoms with Crippen LogP contribution in [0.1, 0.15) is 18.4 Å². The number of hydrogen-bond donors (Lipinski definition) is 1. The molecule has 1 N–H and O–H groups in total. The fourth-order valence-electron chi connectivity index (χ4n) is 2.06. The highest BCUT2D eigenvalue weighted by Gasteiger charge is 2.33. The topological polar surface area (TPSA) is 57.6 Å². The van der Waals surface area contributed by atoms with Crippen molar-refractivity contribution in [1.82, 2.24) is 4.31 Å². The lowest BCUT2D eigenvalue weighted by molar-refractivity contribution is 0.131. The lowest BCUT2D eigenvalue weighted by atomic mass is 10.2. The number of aliphatic hydroxyl groups excluding tert-OH is 1. The number of aliphatic hydroxyl groups is 1. The van der Waals surface area contributed by atoms with Crippen LogP contribution in [-0.4, -0.2) is 37.5 Å². The van der Waals surface area contributed by atoms with Crippen LogP contribution >= 0.6 is 0 Å². The van der Waals surface area contributed by atoms with E-state index in [0.717, 1.165) is 23.2 Å². The zero-order chi connectivity index (χ0) is 14.2. The van der Waals surface area contributed by atoms with Crippen molar-refractivity contribution in [2.24, 2.45) is 5.92 Å². The third kappa shape index (κ3) is 3.13. The average Bonchev–Trinajstić information content (AvgIpc) is 3.11. The van der Waals surface area contributed by atoms with Crippen molar-refractivity contribution in [3.8, 4) is 0 Å². The van der Waals surface area contributed by atoms with Gasteiger partial charge in [-0.25, -0.2) is 12.8 Å². The Balaban J connectivity index is 2.20. The van der Waals surface area contributed by atoms with Crippen LogP contribution in [0.25, 0.3) is 0 Å². The molecular formula is C13H18FNO3S. The molecule has 0 heterocycles. The van der Waals surface area contributed by atoms with Gasteiger partial charge in [0.05, 0.1) is 11.0 Å². The third-order valence-electron chi connectivity index (χ3n) is 3.44. The molecule has 1 unspecified atom stereocenters. The molecule has 0 aliphatic heterocycles. The summed E-state index contributed by atoms with van der Waals surface area (Å²) in [6, 6.07) is 3.59. The first-order chi connectivity index (χ1) is 8.82. The van der Waals surface area contributed by atoms with Crippen LogP contribution in [0, 0.1) is 18.7 Å². The standard InChI is InChI=1S/C13H18FNO3S/c1-9-7-11(14)5-6-13(9)19(17,18)15(2)8-12(16)10-3-4-10/h5-7,10,12,16H,3-4,8H2,1-2H3. The third-order valence-corrected chi connectivity index (χ3v) is 5.42. The van der Waals surface area contributed by atoms with Gasteiger partial charge >= 0.3 is 0 Å². The number of hydrogen-bond acceptors (Lipinski definition) is 3. The molecule has 0 aromatic heterocycles. The number of sulfonamides is 1. The smallest absolute Gasteiger partial charge is 0.243 e. The molecule has 1 aromatic carbocycles. The Bertz CT molecular complexity index is 569. The maximum absolute atomic E-state index is 13.0. The molecule has 1 atom stereocenters. The molecule has 0 radical (unpaired) electrons. The normalized spacial score (nSPS) is 17.7. The quantitative estimate of drug-likeness (QED) is 0.893. The molecule has 1 aliphatic carbocycles. The van der Waals surface area contributed by atoms with E-state index in [-0.39, 0.29) is 17.4 Å². The molecule has 0 amide bonds. The summed E-state index contributed by atoms with van der Waals surface area (Å²) in [7, 11) is -2.25. The molecule has 1 aromatic rings. The Hall–Kier alpha value is -0.980. The molecule has 4 nitrogen and oxygen atoms in total. The van der Waals surface area contributed by atoms with E-state index in [1.807, 2.05) is 0 Å². The van der Waals surface area contributed by atoms with Gasteiger partial charge in [0, 0.05) is 13.6 Å². The second kappa shape index (κ2) is 5.19. The number of likely N-dealkylation sites (N-methyl/N-ethyl adjacent to an activating group) is 1. The van der Waals surface area contributed by atoms with Gasteiger partial charge in [-0.05, 0) is 49.4 Å². The van der Waals surface area contributed by atoms with E-state index in [1.54, 1.807) is 6.92 Å². The van der Waals surface area contributed by atoms with Gasteiger partial charge < -0.3 is 5.11 Å². The fraction of sp³-hybridized carbons (Fsp3) is 0.538. The average molecular weight is 287 g/mol. The van der Waals surface area contributed by atoms with E-state index in [2.05, 4.69) is 0 Å². The summed E-state index contributed by atoms with van der Waals surface area (Å²) >= 11 is 0. The molecule has 19 heavy (non-hydrogen) atoms. The van der Waals surface area contributed by atoms with Crippen LogP contribution in [0.3, 0.4) is 0 Å². The zero-order valence-electron chi connectivity index (χ0n) is 11.0. The summed E-state index contributed by atoms with van der Waals surface area (Å²) in [5, 5.41) is 9.82. The van der Waals surface area contributed by atoms with Crippen LogP contribution < -0.4 is 0 Å². The summed E-state index contributed by atoms with van der Waals surface area (Å²) in [5.74, 6) is -0.246. The largest absolute Gasteiger partial charge is 0.391 e. The predicted molar refractivity (Wildman–Crippen MR) is 69.7 cm³/mol. The second-order valence-electron chi connectivity index (χ2n) is 5.10. The Morgan fingerprint density at radius 1 is 1.47 bits per heavy atom. The van der Waals surface area contributed by atoms with Crippen LogP contribution in [0.4, 0.5) is 4.39 Å². The Morgan fingerprint density at radius 3 is 2.63 bits per heavy atom. The van der Waals surface area contributed by atoms with Crippen molar-refractivity contribution in [2.45, 2.75) is 30.8 Å². The minimum atomic E-state index is -3.68. The van der Waals surface area contributed by atoms with Gasteiger partial charge in [0.1, 0.15) is 5.82 Å². The van der Waals surface area contributed by atoms with Gasteiger partial charge in [0.15, 0.2) is 0 Å². The highest BCUT2D eigenvalue weighted by Crippen LogP contribution is 2.33.